The SMILES string of the molecule is C=C(C#N)C(=O)N1CC(Nc2cc(-c3ccnc(NC)c3)c[nH]c2=O)C1. The topological polar surface area (TPSA) is 114 Å². The fraction of sp³-hybridized carbons (Fsp3) is 0.222. The third kappa shape index (κ3) is 3.42. The van der Waals surface area contributed by atoms with Crippen LogP contribution in [0.15, 0.2) is 47.5 Å². The van der Waals surface area contributed by atoms with Crippen LogP contribution in [0.25, 0.3) is 11.1 Å². The molecule has 1 amide bonds. The lowest BCUT2D eigenvalue weighted by Crippen LogP contribution is -2.57. The van der Waals surface area contributed by atoms with E-state index in [0.717, 1.165) is 16.9 Å². The first-order valence-corrected chi connectivity index (χ1v) is 8.03. The highest BCUT2D eigenvalue weighted by Crippen LogP contribution is 2.23. The molecule has 0 atom stereocenters. The molecule has 0 bridgehead atoms. The van der Waals surface area contributed by atoms with E-state index in [4.69, 9.17) is 5.26 Å². The molecular formula is C18H18N6O2. The molecule has 26 heavy (non-hydrogen) atoms. The molecule has 0 radical (unpaired) electrons. The smallest absolute Gasteiger partial charge is 0.271 e. The molecule has 1 aliphatic rings. The van der Waals surface area contributed by atoms with Gasteiger partial charge in [0.1, 0.15) is 23.1 Å². The second-order valence-corrected chi connectivity index (χ2v) is 5.95. The van der Waals surface area contributed by atoms with Crippen molar-refractivity contribution >= 4 is 17.4 Å². The van der Waals surface area contributed by atoms with Gasteiger partial charge in [0.05, 0.1) is 6.04 Å². The summed E-state index contributed by atoms with van der Waals surface area (Å²) in [5, 5.41) is 14.8. The van der Waals surface area contributed by atoms with Crippen LogP contribution in [0, 0.1) is 11.3 Å². The molecule has 0 unspecified atom stereocenters. The molecule has 3 N–H and O–H groups in total. The van der Waals surface area contributed by atoms with Crippen molar-refractivity contribution in [1.29, 1.82) is 5.26 Å². The van der Waals surface area contributed by atoms with Crippen LogP contribution in [-0.4, -0.2) is 47.0 Å². The number of rotatable bonds is 5. The number of carbonyl (C=O) groups excluding carboxylic acids is 1. The molecule has 1 aliphatic heterocycles. The van der Waals surface area contributed by atoms with E-state index in [0.29, 0.717) is 18.8 Å². The Balaban J connectivity index is 1.72. The number of amides is 1. The van der Waals surface area contributed by atoms with E-state index < -0.39 is 0 Å². The standard InChI is InChI=1S/C18H18N6O2/c1-11(7-19)18(26)24-9-14(10-24)23-15-5-13(8-22-17(15)25)12-3-4-21-16(6-12)20-2/h3-6,8,14,23H,1,9-10H2,2H3,(H,20,21)(H,22,25). The molecule has 0 saturated carbocycles. The highest BCUT2D eigenvalue weighted by molar-refractivity contribution is 5.97. The molecule has 1 saturated heterocycles. The normalized spacial score (nSPS) is 13.5. The summed E-state index contributed by atoms with van der Waals surface area (Å²) in [6, 6.07) is 7.21. The van der Waals surface area contributed by atoms with E-state index >= 15 is 0 Å². The molecule has 2 aromatic rings. The van der Waals surface area contributed by atoms with E-state index in [1.54, 1.807) is 31.6 Å². The Morgan fingerprint density at radius 3 is 2.88 bits per heavy atom. The average molecular weight is 350 g/mol. The van der Waals surface area contributed by atoms with E-state index in [9.17, 15) is 9.59 Å². The molecule has 0 spiro atoms. The Morgan fingerprint density at radius 2 is 2.19 bits per heavy atom. The Kier molecular flexibility index (Phi) is 4.71. The van der Waals surface area contributed by atoms with Crippen LogP contribution in [0.1, 0.15) is 0 Å². The quantitative estimate of drug-likeness (QED) is 0.551. The molecule has 0 aliphatic carbocycles. The van der Waals surface area contributed by atoms with E-state index in [2.05, 4.69) is 27.2 Å². The molecule has 2 aromatic heterocycles. The average Bonchev–Trinajstić information content (AvgIpc) is 2.64. The van der Waals surface area contributed by atoms with E-state index in [-0.39, 0.29) is 23.1 Å². The second-order valence-electron chi connectivity index (χ2n) is 5.95. The van der Waals surface area contributed by atoms with Gasteiger partial charge in [0.2, 0.25) is 0 Å². The molecule has 3 rings (SSSR count). The zero-order valence-electron chi connectivity index (χ0n) is 14.2. The number of pyridine rings is 2. The maximum Gasteiger partial charge on any atom is 0.271 e. The molecule has 8 heteroatoms. The fourth-order valence-electron chi connectivity index (χ4n) is 2.70. The van der Waals surface area contributed by atoms with Gasteiger partial charge in [0.25, 0.3) is 11.5 Å². The third-order valence-electron chi connectivity index (χ3n) is 4.17. The van der Waals surface area contributed by atoms with Crippen molar-refractivity contribution in [2.24, 2.45) is 0 Å². The summed E-state index contributed by atoms with van der Waals surface area (Å²) in [7, 11) is 1.79. The number of nitrogens with one attached hydrogen (secondary N) is 3. The minimum absolute atomic E-state index is 0.0490. The first-order valence-electron chi connectivity index (χ1n) is 8.03. The molecule has 8 nitrogen and oxygen atoms in total. The van der Waals surface area contributed by atoms with Crippen molar-refractivity contribution in [3.05, 3.63) is 53.1 Å². The molecule has 0 aromatic carbocycles. The number of aromatic amines is 1. The Bertz CT molecular complexity index is 953. The predicted octanol–water partition coefficient (Wildman–Crippen LogP) is 1.18. The van der Waals surface area contributed by atoms with Gasteiger partial charge in [-0.3, -0.25) is 9.59 Å². The number of hydrogen-bond donors (Lipinski definition) is 3. The maximum absolute atomic E-state index is 12.1. The highest BCUT2D eigenvalue weighted by Gasteiger charge is 2.32. The number of H-pyrrole nitrogens is 1. The lowest BCUT2D eigenvalue weighted by atomic mass is 10.1. The highest BCUT2D eigenvalue weighted by atomic mass is 16.2. The van der Waals surface area contributed by atoms with Crippen molar-refractivity contribution < 1.29 is 4.79 Å². The first-order chi connectivity index (χ1) is 12.5. The minimum atomic E-state index is -0.371. The van der Waals surface area contributed by atoms with Gasteiger partial charge < -0.3 is 20.5 Å². The predicted molar refractivity (Wildman–Crippen MR) is 98.6 cm³/mol. The summed E-state index contributed by atoms with van der Waals surface area (Å²) in [4.78, 5) is 32.3. The molecule has 1 fully saturated rings. The van der Waals surface area contributed by atoms with Gasteiger partial charge in [-0.1, -0.05) is 6.58 Å². The summed E-state index contributed by atoms with van der Waals surface area (Å²) in [5.41, 5.74) is 1.88. The second kappa shape index (κ2) is 7.11. The van der Waals surface area contributed by atoms with Crippen molar-refractivity contribution in [3.63, 3.8) is 0 Å². The molecular weight excluding hydrogens is 332 g/mol. The van der Waals surface area contributed by atoms with Crippen LogP contribution in [0.4, 0.5) is 11.5 Å². The summed E-state index contributed by atoms with van der Waals surface area (Å²) in [5.74, 6) is 0.360. The molecule has 132 valence electrons. The number of aromatic nitrogens is 2. The first kappa shape index (κ1) is 17.2. The minimum Gasteiger partial charge on any atom is -0.374 e. The zero-order valence-corrected chi connectivity index (χ0v) is 14.2. The van der Waals surface area contributed by atoms with E-state index in [1.165, 1.54) is 4.90 Å². The van der Waals surface area contributed by atoms with Crippen molar-refractivity contribution in [2.45, 2.75) is 6.04 Å². The number of anilines is 2. The lowest BCUT2D eigenvalue weighted by Gasteiger charge is -2.39. The van der Waals surface area contributed by atoms with Crippen molar-refractivity contribution in [3.8, 4) is 17.2 Å². The number of likely N-dealkylation sites (tertiary alicyclic amines) is 1. The summed E-state index contributed by atoms with van der Waals surface area (Å²) < 4.78 is 0. The van der Waals surface area contributed by atoms with E-state index in [1.807, 2.05) is 12.1 Å². The van der Waals surface area contributed by atoms with Crippen molar-refractivity contribution in [1.82, 2.24) is 14.9 Å². The van der Waals surface area contributed by atoms with Gasteiger partial charge in [0, 0.05) is 38.1 Å². The largest absolute Gasteiger partial charge is 0.374 e. The number of hydrogen-bond acceptors (Lipinski definition) is 6. The van der Waals surface area contributed by atoms with Crippen LogP contribution in [0.2, 0.25) is 0 Å². The van der Waals surface area contributed by atoms with Gasteiger partial charge in [-0.2, -0.15) is 5.26 Å². The van der Waals surface area contributed by atoms with Crippen LogP contribution >= 0.6 is 0 Å². The van der Waals surface area contributed by atoms with Crippen LogP contribution in [0.3, 0.4) is 0 Å². The van der Waals surface area contributed by atoms with Gasteiger partial charge in [-0.05, 0) is 23.8 Å². The Morgan fingerprint density at radius 1 is 1.42 bits per heavy atom. The summed E-state index contributed by atoms with van der Waals surface area (Å²) >= 11 is 0. The fourth-order valence-corrected chi connectivity index (χ4v) is 2.70. The van der Waals surface area contributed by atoms with Gasteiger partial charge in [-0.15, -0.1) is 0 Å². The summed E-state index contributed by atoms with van der Waals surface area (Å²) in [6.07, 6.45) is 3.34. The number of nitrogens with zero attached hydrogens (tertiary/aromatic N) is 3. The van der Waals surface area contributed by atoms with Crippen LogP contribution in [0.5, 0.6) is 0 Å². The Labute approximate surface area is 150 Å². The summed E-state index contributed by atoms with van der Waals surface area (Å²) in [6.45, 7) is 4.26. The molecule has 3 heterocycles. The lowest BCUT2D eigenvalue weighted by molar-refractivity contribution is -0.130. The van der Waals surface area contributed by atoms with Crippen LogP contribution in [-0.2, 0) is 4.79 Å². The van der Waals surface area contributed by atoms with Gasteiger partial charge >= 0.3 is 0 Å². The monoisotopic (exact) mass is 350 g/mol. The zero-order chi connectivity index (χ0) is 18.7. The number of nitriles is 1. The van der Waals surface area contributed by atoms with Gasteiger partial charge in [0.15, 0.2) is 0 Å². The maximum atomic E-state index is 12.1. The van der Waals surface area contributed by atoms with Gasteiger partial charge in [-0.25, -0.2) is 4.98 Å². The third-order valence-corrected chi connectivity index (χ3v) is 4.17. The van der Waals surface area contributed by atoms with Crippen molar-refractivity contribution in [2.75, 3.05) is 30.8 Å². The Hall–Kier alpha value is -3.60. The number of carbonyl (C=O) groups is 1. The van der Waals surface area contributed by atoms with Crippen LogP contribution < -0.4 is 16.2 Å².